The Balaban J connectivity index is 1.76. The zero-order chi connectivity index (χ0) is 22.7. The van der Waals surface area contributed by atoms with Crippen LogP contribution in [0.25, 0.3) is 21.0 Å². The van der Waals surface area contributed by atoms with Gasteiger partial charge in [0, 0.05) is 12.1 Å². The van der Waals surface area contributed by atoms with Crippen molar-refractivity contribution >= 4 is 49.9 Å². The highest BCUT2D eigenvalue weighted by Crippen LogP contribution is 2.23. The number of esters is 1. The highest BCUT2D eigenvalue weighted by molar-refractivity contribution is 7.16. The molecule has 0 radical (unpaired) electrons. The summed E-state index contributed by atoms with van der Waals surface area (Å²) in [4.78, 5) is 40.2. The second-order valence-electron chi connectivity index (χ2n) is 7.01. The summed E-state index contributed by atoms with van der Waals surface area (Å²) in [5.74, 6) is -0.887. The summed E-state index contributed by atoms with van der Waals surface area (Å²) in [6, 6.07) is 17.9. The van der Waals surface area contributed by atoms with E-state index < -0.39 is 10.9 Å². The van der Waals surface area contributed by atoms with Gasteiger partial charge in [-0.2, -0.15) is 4.99 Å². The van der Waals surface area contributed by atoms with E-state index in [0.29, 0.717) is 15.0 Å². The fourth-order valence-electron chi connectivity index (χ4n) is 3.50. The van der Waals surface area contributed by atoms with Crippen molar-refractivity contribution in [1.82, 2.24) is 4.57 Å². The number of rotatable bonds is 6. The fourth-order valence-corrected chi connectivity index (χ4v) is 4.53. The lowest BCUT2D eigenvalue weighted by Crippen LogP contribution is -2.23. The Morgan fingerprint density at radius 3 is 2.69 bits per heavy atom. The van der Waals surface area contributed by atoms with Crippen molar-refractivity contribution in [2.45, 2.75) is 19.9 Å². The first-order chi connectivity index (χ1) is 15.5. The van der Waals surface area contributed by atoms with Crippen LogP contribution in [0, 0.1) is 10.1 Å². The van der Waals surface area contributed by atoms with Crippen molar-refractivity contribution < 1.29 is 19.2 Å². The Bertz CT molecular complexity index is 1410. The molecule has 0 unspecified atom stereocenters. The van der Waals surface area contributed by atoms with Crippen LogP contribution in [0.3, 0.4) is 0 Å². The average Bonchev–Trinajstić information content (AvgIpc) is 3.10. The SMILES string of the molecule is CCOC(=O)Cn1c(=NC(=O)Cc2cccc3ccccc23)sc2ccc([N+](=O)[O-])cc21. The van der Waals surface area contributed by atoms with E-state index in [4.69, 9.17) is 4.74 Å². The van der Waals surface area contributed by atoms with E-state index in [2.05, 4.69) is 4.99 Å². The van der Waals surface area contributed by atoms with Gasteiger partial charge in [0.15, 0.2) is 4.80 Å². The topological polar surface area (TPSA) is 104 Å². The minimum absolute atomic E-state index is 0.0924. The van der Waals surface area contributed by atoms with E-state index in [1.54, 1.807) is 13.0 Å². The summed E-state index contributed by atoms with van der Waals surface area (Å²) in [5, 5.41) is 13.2. The highest BCUT2D eigenvalue weighted by Gasteiger charge is 2.16. The number of nitro groups is 1. The van der Waals surface area contributed by atoms with Crippen LogP contribution in [0.2, 0.25) is 0 Å². The maximum atomic E-state index is 12.8. The zero-order valence-corrected chi connectivity index (χ0v) is 18.0. The second kappa shape index (κ2) is 9.11. The van der Waals surface area contributed by atoms with E-state index in [-0.39, 0.29) is 31.2 Å². The zero-order valence-electron chi connectivity index (χ0n) is 17.2. The monoisotopic (exact) mass is 449 g/mol. The maximum absolute atomic E-state index is 12.8. The van der Waals surface area contributed by atoms with Gasteiger partial charge in [0.2, 0.25) is 0 Å². The minimum atomic E-state index is -0.512. The molecule has 1 amide bonds. The van der Waals surface area contributed by atoms with Gasteiger partial charge < -0.3 is 9.30 Å². The van der Waals surface area contributed by atoms with E-state index in [9.17, 15) is 19.7 Å². The van der Waals surface area contributed by atoms with Crippen molar-refractivity contribution in [3.63, 3.8) is 0 Å². The molecule has 1 aromatic heterocycles. The van der Waals surface area contributed by atoms with Gasteiger partial charge in [-0.15, -0.1) is 0 Å². The summed E-state index contributed by atoms with van der Waals surface area (Å²) >= 11 is 1.19. The van der Waals surface area contributed by atoms with E-state index in [0.717, 1.165) is 16.3 Å². The number of ether oxygens (including phenoxy) is 1. The number of thiazole rings is 1. The van der Waals surface area contributed by atoms with Crippen LogP contribution in [0.15, 0.2) is 65.7 Å². The van der Waals surface area contributed by atoms with Crippen molar-refractivity contribution in [3.05, 3.63) is 81.1 Å². The lowest BCUT2D eigenvalue weighted by Gasteiger charge is -2.06. The molecule has 1 heterocycles. The number of benzene rings is 3. The fraction of sp³-hybridized carbons (Fsp3) is 0.174. The number of nitro benzene ring substituents is 1. The molecular weight excluding hydrogens is 430 g/mol. The van der Waals surface area contributed by atoms with Gasteiger partial charge in [-0.05, 0) is 29.3 Å². The first-order valence-electron chi connectivity index (χ1n) is 9.94. The van der Waals surface area contributed by atoms with E-state index >= 15 is 0 Å². The number of fused-ring (bicyclic) bond motifs is 2. The molecule has 0 spiro atoms. The van der Waals surface area contributed by atoms with Gasteiger partial charge in [0.05, 0.1) is 28.2 Å². The molecule has 3 aromatic carbocycles. The van der Waals surface area contributed by atoms with E-state index in [1.807, 2.05) is 42.5 Å². The Morgan fingerprint density at radius 1 is 1.12 bits per heavy atom. The number of carbonyl (C=O) groups is 2. The minimum Gasteiger partial charge on any atom is -0.465 e. The van der Waals surface area contributed by atoms with Crippen LogP contribution in [0.1, 0.15) is 12.5 Å². The van der Waals surface area contributed by atoms with Gasteiger partial charge in [-0.25, -0.2) is 0 Å². The van der Waals surface area contributed by atoms with Crippen LogP contribution in [-0.2, 0) is 27.3 Å². The first-order valence-corrected chi connectivity index (χ1v) is 10.8. The van der Waals surface area contributed by atoms with Crippen molar-refractivity contribution in [2.24, 2.45) is 4.99 Å². The standard InChI is InChI=1S/C23H19N3O5S/c1-2-31-22(28)14-25-19-13-17(26(29)30)10-11-20(19)32-23(25)24-21(27)12-16-8-5-7-15-6-3-4-9-18(15)16/h3-11,13H,2,12,14H2,1H3. The molecule has 162 valence electrons. The number of aromatic nitrogens is 1. The summed E-state index contributed by atoms with van der Waals surface area (Å²) < 4.78 is 7.20. The normalized spacial score (nSPS) is 11.7. The molecule has 8 nitrogen and oxygen atoms in total. The second-order valence-corrected chi connectivity index (χ2v) is 8.01. The van der Waals surface area contributed by atoms with Crippen LogP contribution in [0.5, 0.6) is 0 Å². The molecule has 0 aliphatic carbocycles. The summed E-state index contributed by atoms with van der Waals surface area (Å²) in [6.07, 6.45) is 0.0924. The van der Waals surface area contributed by atoms with Crippen LogP contribution < -0.4 is 4.80 Å². The highest BCUT2D eigenvalue weighted by atomic mass is 32.1. The van der Waals surface area contributed by atoms with Crippen molar-refractivity contribution in [1.29, 1.82) is 0 Å². The largest absolute Gasteiger partial charge is 0.465 e. The number of nitrogens with zero attached hydrogens (tertiary/aromatic N) is 3. The van der Waals surface area contributed by atoms with Crippen LogP contribution >= 0.6 is 11.3 Å². The number of amides is 1. The van der Waals surface area contributed by atoms with Gasteiger partial charge >= 0.3 is 5.97 Å². The smallest absolute Gasteiger partial charge is 0.326 e. The number of hydrogen-bond acceptors (Lipinski definition) is 6. The predicted molar refractivity (Wildman–Crippen MR) is 121 cm³/mol. The molecule has 0 atom stereocenters. The molecule has 32 heavy (non-hydrogen) atoms. The number of non-ortho nitro benzene ring substituents is 1. The Labute approximate surface area is 186 Å². The summed E-state index contributed by atoms with van der Waals surface area (Å²) in [7, 11) is 0. The molecule has 9 heteroatoms. The van der Waals surface area contributed by atoms with Gasteiger partial charge in [-0.1, -0.05) is 53.8 Å². The lowest BCUT2D eigenvalue weighted by atomic mass is 10.0. The molecule has 0 saturated carbocycles. The number of hydrogen-bond donors (Lipinski definition) is 0. The molecule has 0 aliphatic heterocycles. The third kappa shape index (κ3) is 4.42. The molecule has 0 aliphatic rings. The van der Waals surface area contributed by atoms with Gasteiger partial charge in [0.25, 0.3) is 11.6 Å². The summed E-state index contributed by atoms with van der Waals surface area (Å²) in [6.45, 7) is 1.70. The molecule has 4 rings (SSSR count). The van der Waals surface area contributed by atoms with Crippen molar-refractivity contribution in [2.75, 3.05) is 6.61 Å². The van der Waals surface area contributed by atoms with Gasteiger partial charge in [0.1, 0.15) is 6.54 Å². The Morgan fingerprint density at radius 2 is 1.91 bits per heavy atom. The van der Waals surface area contributed by atoms with Crippen molar-refractivity contribution in [3.8, 4) is 0 Å². The summed E-state index contributed by atoms with van der Waals surface area (Å²) in [5.41, 5.74) is 1.20. The molecule has 0 saturated heterocycles. The first kappa shape index (κ1) is 21.4. The number of carbonyl (C=O) groups excluding carboxylic acids is 2. The predicted octanol–water partition coefficient (Wildman–Crippen LogP) is 4.00. The quantitative estimate of drug-likeness (QED) is 0.251. The molecule has 0 fully saturated rings. The third-order valence-corrected chi connectivity index (χ3v) is 5.97. The van der Waals surface area contributed by atoms with Gasteiger partial charge in [-0.3, -0.25) is 19.7 Å². The maximum Gasteiger partial charge on any atom is 0.326 e. The molecule has 0 N–H and O–H groups in total. The average molecular weight is 449 g/mol. The van der Waals surface area contributed by atoms with Crippen LogP contribution in [0.4, 0.5) is 5.69 Å². The molecular formula is C23H19N3O5S. The Hall–Kier alpha value is -3.85. The van der Waals surface area contributed by atoms with Crippen LogP contribution in [-0.4, -0.2) is 28.0 Å². The third-order valence-electron chi connectivity index (χ3n) is 4.91. The molecule has 4 aromatic rings. The van der Waals surface area contributed by atoms with E-state index in [1.165, 1.54) is 28.0 Å². The molecule has 0 bridgehead atoms. The lowest BCUT2D eigenvalue weighted by molar-refractivity contribution is -0.384. The Kier molecular flexibility index (Phi) is 6.09.